The van der Waals surface area contributed by atoms with Crippen LogP contribution in [0.1, 0.15) is 18.6 Å². The molecule has 12 heavy (non-hydrogen) atoms. The van der Waals surface area contributed by atoms with Gasteiger partial charge >= 0.3 is 6.47 Å². The molecule has 0 aliphatic carbocycles. The SMILES string of the molecule is CC(O[C]=O)c1cccc(N)c1. The third kappa shape index (κ3) is 1.99. The van der Waals surface area contributed by atoms with Gasteiger partial charge in [0.25, 0.3) is 0 Å². The second-order valence-electron chi connectivity index (χ2n) is 2.51. The summed E-state index contributed by atoms with van der Waals surface area (Å²) >= 11 is 0. The fraction of sp³-hybridized carbons (Fsp3) is 0.222. The van der Waals surface area contributed by atoms with Crippen molar-refractivity contribution >= 4 is 12.2 Å². The number of ether oxygens (including phenoxy) is 1. The summed E-state index contributed by atoms with van der Waals surface area (Å²) < 4.78 is 4.62. The van der Waals surface area contributed by atoms with Crippen LogP contribution in [0.25, 0.3) is 0 Å². The molecular weight excluding hydrogens is 154 g/mol. The van der Waals surface area contributed by atoms with Crippen molar-refractivity contribution in [1.29, 1.82) is 0 Å². The van der Waals surface area contributed by atoms with Gasteiger partial charge in [0.15, 0.2) is 0 Å². The molecule has 0 amide bonds. The number of hydrogen-bond acceptors (Lipinski definition) is 3. The number of rotatable bonds is 3. The Morgan fingerprint density at radius 1 is 1.58 bits per heavy atom. The van der Waals surface area contributed by atoms with Gasteiger partial charge in [0.05, 0.1) is 0 Å². The quantitative estimate of drug-likeness (QED) is 0.687. The van der Waals surface area contributed by atoms with Crippen LogP contribution in [0.2, 0.25) is 0 Å². The zero-order chi connectivity index (χ0) is 8.97. The molecule has 1 aromatic rings. The summed E-state index contributed by atoms with van der Waals surface area (Å²) in [6.07, 6.45) is -0.286. The lowest BCUT2D eigenvalue weighted by molar-refractivity contribution is 0.198. The lowest BCUT2D eigenvalue weighted by Gasteiger charge is -2.08. The van der Waals surface area contributed by atoms with Crippen LogP contribution in [0.3, 0.4) is 0 Å². The molecule has 2 N–H and O–H groups in total. The lowest BCUT2D eigenvalue weighted by atomic mass is 10.1. The Morgan fingerprint density at radius 2 is 2.33 bits per heavy atom. The molecule has 0 spiro atoms. The highest BCUT2D eigenvalue weighted by molar-refractivity contribution is 5.43. The van der Waals surface area contributed by atoms with Crippen LogP contribution in [0.5, 0.6) is 0 Å². The van der Waals surface area contributed by atoms with Crippen LogP contribution >= 0.6 is 0 Å². The highest BCUT2D eigenvalue weighted by Crippen LogP contribution is 2.17. The summed E-state index contributed by atoms with van der Waals surface area (Å²) in [5.74, 6) is 0. The number of nitrogens with two attached hydrogens (primary N) is 1. The largest absolute Gasteiger partial charge is 0.449 e. The third-order valence-corrected chi connectivity index (χ3v) is 1.60. The normalized spacial score (nSPS) is 12.1. The first-order valence-electron chi connectivity index (χ1n) is 3.62. The first kappa shape index (κ1) is 8.59. The van der Waals surface area contributed by atoms with Crippen molar-refractivity contribution in [3.05, 3.63) is 29.8 Å². The van der Waals surface area contributed by atoms with Crippen molar-refractivity contribution in [3.8, 4) is 0 Å². The average Bonchev–Trinajstić information content (AvgIpc) is 2.05. The van der Waals surface area contributed by atoms with Gasteiger partial charge in [-0.2, -0.15) is 0 Å². The zero-order valence-corrected chi connectivity index (χ0v) is 6.78. The van der Waals surface area contributed by atoms with E-state index in [0.717, 1.165) is 5.56 Å². The van der Waals surface area contributed by atoms with Gasteiger partial charge in [0.1, 0.15) is 6.10 Å². The number of nitrogen functional groups attached to an aromatic ring is 1. The molecule has 0 aromatic heterocycles. The summed E-state index contributed by atoms with van der Waals surface area (Å²) in [7, 11) is 0. The van der Waals surface area contributed by atoms with Gasteiger partial charge in [-0.25, -0.2) is 4.79 Å². The zero-order valence-electron chi connectivity index (χ0n) is 6.78. The Bertz CT molecular complexity index is 273. The van der Waals surface area contributed by atoms with Crippen LogP contribution in [0.15, 0.2) is 24.3 Å². The third-order valence-electron chi connectivity index (χ3n) is 1.60. The van der Waals surface area contributed by atoms with Crippen molar-refractivity contribution in [2.75, 3.05) is 5.73 Å². The first-order valence-corrected chi connectivity index (χ1v) is 3.62. The molecule has 1 radical (unpaired) electrons. The van der Waals surface area contributed by atoms with E-state index in [-0.39, 0.29) is 6.10 Å². The Hall–Kier alpha value is -1.51. The predicted octanol–water partition coefficient (Wildman–Crippen LogP) is 1.41. The first-order chi connectivity index (χ1) is 5.74. The molecule has 0 saturated heterocycles. The molecule has 1 aromatic carbocycles. The van der Waals surface area contributed by atoms with Crippen LogP contribution in [0, 0.1) is 0 Å². The molecule has 0 aliphatic rings. The number of carbonyl (C=O) groups excluding carboxylic acids is 1. The second-order valence-corrected chi connectivity index (χ2v) is 2.51. The minimum atomic E-state index is -0.286. The molecule has 1 rings (SSSR count). The van der Waals surface area contributed by atoms with Crippen LogP contribution in [-0.4, -0.2) is 6.47 Å². The predicted molar refractivity (Wildman–Crippen MR) is 46.0 cm³/mol. The highest BCUT2D eigenvalue weighted by Gasteiger charge is 2.04. The minimum absolute atomic E-state index is 0.286. The van der Waals surface area contributed by atoms with Gasteiger partial charge in [0, 0.05) is 5.69 Å². The molecule has 1 atom stereocenters. The maximum Gasteiger partial charge on any atom is 0.418 e. The van der Waals surface area contributed by atoms with Crippen LogP contribution < -0.4 is 5.73 Å². The Balaban J connectivity index is 2.80. The Labute approximate surface area is 71.1 Å². The van der Waals surface area contributed by atoms with Gasteiger partial charge in [-0.15, -0.1) is 0 Å². The summed E-state index contributed by atoms with van der Waals surface area (Å²) in [6, 6.07) is 7.20. The van der Waals surface area contributed by atoms with E-state index >= 15 is 0 Å². The van der Waals surface area contributed by atoms with E-state index in [9.17, 15) is 4.79 Å². The molecule has 0 bridgehead atoms. The average molecular weight is 164 g/mol. The molecule has 0 saturated carbocycles. The van der Waals surface area contributed by atoms with E-state index in [1.54, 1.807) is 19.1 Å². The molecular formula is C9H10NO2. The summed E-state index contributed by atoms with van der Waals surface area (Å²) in [5, 5.41) is 0. The van der Waals surface area contributed by atoms with Gasteiger partial charge in [0.2, 0.25) is 0 Å². The fourth-order valence-corrected chi connectivity index (χ4v) is 0.952. The number of benzene rings is 1. The van der Waals surface area contributed by atoms with Crippen molar-refractivity contribution in [3.63, 3.8) is 0 Å². The fourth-order valence-electron chi connectivity index (χ4n) is 0.952. The van der Waals surface area contributed by atoms with Crippen molar-refractivity contribution in [1.82, 2.24) is 0 Å². The smallest absolute Gasteiger partial charge is 0.418 e. The van der Waals surface area contributed by atoms with E-state index in [2.05, 4.69) is 4.74 Å². The van der Waals surface area contributed by atoms with E-state index < -0.39 is 0 Å². The summed E-state index contributed by atoms with van der Waals surface area (Å²) in [5.41, 5.74) is 7.07. The van der Waals surface area contributed by atoms with E-state index in [4.69, 9.17) is 5.73 Å². The van der Waals surface area contributed by atoms with Crippen molar-refractivity contribution in [2.45, 2.75) is 13.0 Å². The van der Waals surface area contributed by atoms with Crippen molar-refractivity contribution < 1.29 is 9.53 Å². The molecule has 0 fully saturated rings. The summed E-state index contributed by atoms with van der Waals surface area (Å²) in [6.45, 7) is 3.16. The minimum Gasteiger partial charge on any atom is -0.449 e. The lowest BCUT2D eigenvalue weighted by Crippen LogP contribution is -1.98. The maximum atomic E-state index is 9.90. The second kappa shape index (κ2) is 3.76. The molecule has 63 valence electrons. The van der Waals surface area contributed by atoms with Gasteiger partial charge in [-0.3, -0.25) is 0 Å². The van der Waals surface area contributed by atoms with E-state index in [0.29, 0.717) is 5.69 Å². The molecule has 3 heteroatoms. The maximum absolute atomic E-state index is 9.90. The van der Waals surface area contributed by atoms with Crippen molar-refractivity contribution in [2.24, 2.45) is 0 Å². The Kier molecular flexibility index (Phi) is 2.69. The number of hydrogen-bond donors (Lipinski definition) is 1. The monoisotopic (exact) mass is 164 g/mol. The van der Waals surface area contributed by atoms with Crippen LogP contribution in [0.4, 0.5) is 5.69 Å². The Morgan fingerprint density at radius 3 is 2.92 bits per heavy atom. The van der Waals surface area contributed by atoms with Gasteiger partial charge in [-0.1, -0.05) is 12.1 Å². The molecule has 1 unspecified atom stereocenters. The van der Waals surface area contributed by atoms with Crippen LogP contribution in [-0.2, 0) is 9.53 Å². The van der Waals surface area contributed by atoms with Gasteiger partial charge in [-0.05, 0) is 24.6 Å². The molecule has 0 aliphatic heterocycles. The number of anilines is 1. The molecule has 3 nitrogen and oxygen atoms in total. The van der Waals surface area contributed by atoms with Gasteiger partial charge < -0.3 is 10.5 Å². The van der Waals surface area contributed by atoms with E-state index in [1.165, 1.54) is 6.47 Å². The highest BCUT2D eigenvalue weighted by atomic mass is 16.5. The van der Waals surface area contributed by atoms with E-state index in [1.807, 2.05) is 12.1 Å². The summed E-state index contributed by atoms with van der Waals surface area (Å²) in [4.78, 5) is 9.90. The molecule has 0 heterocycles. The topological polar surface area (TPSA) is 52.3 Å². The standard InChI is InChI=1S/C9H10NO2/c1-7(12-6-11)8-3-2-4-9(10)5-8/h2-5,7H,10H2,1H3.